The van der Waals surface area contributed by atoms with Gasteiger partial charge in [0, 0.05) is 26.7 Å². The molecule has 0 aromatic carbocycles. The molecule has 178 valence electrons. The van der Waals surface area contributed by atoms with Crippen LogP contribution in [0.4, 0.5) is 0 Å². The number of carbonyl (C=O) groups is 2. The molecule has 8 nitrogen and oxygen atoms in total. The summed E-state index contributed by atoms with van der Waals surface area (Å²) in [5, 5.41) is 12.3. The molecule has 0 bridgehead atoms. The molecular formula is C24H37N3O5. The topological polar surface area (TPSA) is 95.2 Å². The van der Waals surface area contributed by atoms with Crippen LogP contribution in [0.1, 0.15) is 62.9 Å². The number of ether oxygens (including phenoxy) is 1. The number of nitrogens with zero attached hydrogens (tertiary/aromatic N) is 2. The van der Waals surface area contributed by atoms with E-state index >= 15 is 0 Å². The lowest BCUT2D eigenvalue weighted by Crippen LogP contribution is -2.73. The lowest BCUT2D eigenvalue weighted by molar-refractivity contribution is -0.162. The third-order valence-electron chi connectivity index (χ3n) is 7.56. The van der Waals surface area contributed by atoms with E-state index in [0.717, 1.165) is 25.0 Å². The predicted octanol–water partition coefficient (Wildman–Crippen LogP) is 2.05. The van der Waals surface area contributed by atoms with Gasteiger partial charge in [-0.25, -0.2) is 0 Å². The molecule has 1 saturated carbocycles. The molecule has 4 rings (SSSR count). The van der Waals surface area contributed by atoms with Gasteiger partial charge >= 0.3 is 0 Å². The Bertz CT molecular complexity index is 780. The number of likely N-dealkylation sites (tertiary alicyclic amines) is 1. The highest BCUT2D eigenvalue weighted by Gasteiger charge is 2.53. The summed E-state index contributed by atoms with van der Waals surface area (Å²) in [5.74, 6) is 1.93. The van der Waals surface area contributed by atoms with Crippen molar-refractivity contribution < 1.29 is 23.8 Å². The fourth-order valence-electron chi connectivity index (χ4n) is 5.69. The maximum atomic E-state index is 13.5. The number of piperazine rings is 1. The number of hydrogen-bond donors (Lipinski definition) is 2. The normalized spacial score (nSPS) is 24.8. The fourth-order valence-corrected chi connectivity index (χ4v) is 5.69. The molecule has 0 radical (unpaired) electrons. The minimum absolute atomic E-state index is 0.00534. The molecule has 3 aliphatic rings. The van der Waals surface area contributed by atoms with Crippen LogP contribution in [0.25, 0.3) is 0 Å². The maximum absolute atomic E-state index is 13.5. The van der Waals surface area contributed by atoms with Crippen LogP contribution in [0.15, 0.2) is 16.5 Å². The molecule has 1 unspecified atom stereocenters. The molecule has 32 heavy (non-hydrogen) atoms. The summed E-state index contributed by atoms with van der Waals surface area (Å²) >= 11 is 0. The Balaban J connectivity index is 1.43. The molecule has 3 fully saturated rings. The van der Waals surface area contributed by atoms with Crippen molar-refractivity contribution in [1.29, 1.82) is 0 Å². The lowest BCUT2D eigenvalue weighted by atomic mass is 9.79. The number of nitrogens with one attached hydrogen (secondary N) is 1. The van der Waals surface area contributed by atoms with Gasteiger partial charge in [0.1, 0.15) is 29.7 Å². The number of methoxy groups -OCH3 is 1. The monoisotopic (exact) mass is 447 g/mol. The van der Waals surface area contributed by atoms with Crippen molar-refractivity contribution in [2.75, 3.05) is 33.4 Å². The fraction of sp³-hybridized carbons (Fsp3) is 0.750. The van der Waals surface area contributed by atoms with E-state index in [1.165, 1.54) is 19.3 Å². The molecule has 8 heteroatoms. The SMILES string of the molecule is COCCN1C(=O)C(CC2CCCCC2)NC(=O)C12CCN(Cc1ccc(CO)o1)CC2. The molecular weight excluding hydrogens is 410 g/mol. The Morgan fingerprint density at radius 1 is 1.16 bits per heavy atom. The van der Waals surface area contributed by atoms with Crippen molar-refractivity contribution in [2.24, 2.45) is 5.92 Å². The van der Waals surface area contributed by atoms with Crippen LogP contribution >= 0.6 is 0 Å². The van der Waals surface area contributed by atoms with Crippen molar-refractivity contribution in [1.82, 2.24) is 15.1 Å². The van der Waals surface area contributed by atoms with Crippen molar-refractivity contribution in [3.8, 4) is 0 Å². The third kappa shape index (κ3) is 4.87. The molecule has 3 heterocycles. The van der Waals surface area contributed by atoms with Gasteiger partial charge in [-0.1, -0.05) is 32.1 Å². The van der Waals surface area contributed by atoms with Gasteiger partial charge in [0.05, 0.1) is 13.2 Å². The lowest BCUT2D eigenvalue weighted by Gasteiger charge is -2.52. The van der Waals surface area contributed by atoms with Gasteiger partial charge in [-0.3, -0.25) is 14.5 Å². The molecule has 1 aromatic heterocycles. The summed E-state index contributed by atoms with van der Waals surface area (Å²) in [6, 6.07) is 3.26. The van der Waals surface area contributed by atoms with E-state index in [4.69, 9.17) is 9.15 Å². The average Bonchev–Trinajstić information content (AvgIpc) is 3.27. The van der Waals surface area contributed by atoms with Crippen LogP contribution in [-0.2, 0) is 27.5 Å². The minimum Gasteiger partial charge on any atom is -0.462 e. The largest absolute Gasteiger partial charge is 0.462 e. The van der Waals surface area contributed by atoms with Gasteiger partial charge in [0.15, 0.2) is 0 Å². The van der Waals surface area contributed by atoms with E-state index in [9.17, 15) is 14.7 Å². The minimum atomic E-state index is -0.797. The molecule has 1 atom stereocenters. The molecule has 2 amide bonds. The van der Waals surface area contributed by atoms with Crippen molar-refractivity contribution in [3.05, 3.63) is 23.7 Å². The molecule has 2 aliphatic heterocycles. The number of aliphatic hydroxyl groups is 1. The second kappa shape index (κ2) is 10.4. The van der Waals surface area contributed by atoms with Crippen LogP contribution < -0.4 is 5.32 Å². The Labute approximate surface area is 190 Å². The first-order valence-corrected chi connectivity index (χ1v) is 12.1. The van der Waals surface area contributed by atoms with Gasteiger partial charge in [0.25, 0.3) is 0 Å². The third-order valence-corrected chi connectivity index (χ3v) is 7.56. The molecule has 1 aliphatic carbocycles. The molecule has 2 N–H and O–H groups in total. The molecule has 1 spiro atoms. The van der Waals surface area contributed by atoms with Crippen molar-refractivity contribution in [2.45, 2.75) is 76.1 Å². The Morgan fingerprint density at radius 3 is 2.53 bits per heavy atom. The van der Waals surface area contributed by atoms with Crippen LogP contribution in [0.3, 0.4) is 0 Å². The number of rotatable bonds is 8. The van der Waals surface area contributed by atoms with Crippen LogP contribution in [0.2, 0.25) is 0 Å². The van der Waals surface area contributed by atoms with Crippen LogP contribution in [0.5, 0.6) is 0 Å². The number of piperidine rings is 1. The van der Waals surface area contributed by atoms with Crippen molar-refractivity contribution >= 4 is 11.8 Å². The zero-order valence-electron chi connectivity index (χ0n) is 19.2. The number of hydrogen-bond acceptors (Lipinski definition) is 6. The predicted molar refractivity (Wildman–Crippen MR) is 119 cm³/mol. The van der Waals surface area contributed by atoms with Gasteiger partial charge in [-0.15, -0.1) is 0 Å². The first-order chi connectivity index (χ1) is 15.6. The standard InChI is InChI=1S/C24H37N3O5/c1-31-14-13-27-22(29)21(15-18-5-3-2-4-6-18)25-23(30)24(27)9-11-26(12-10-24)16-19-7-8-20(17-28)32-19/h7-8,18,21,28H,2-6,9-17H2,1H3,(H,25,30). The summed E-state index contributed by atoms with van der Waals surface area (Å²) in [6.45, 7) is 2.80. The number of aliphatic hydroxyl groups excluding tert-OH is 1. The van der Waals surface area contributed by atoms with Crippen molar-refractivity contribution in [3.63, 3.8) is 0 Å². The first-order valence-electron chi connectivity index (χ1n) is 12.1. The van der Waals surface area contributed by atoms with E-state index in [2.05, 4.69) is 10.2 Å². The van der Waals surface area contributed by atoms with Gasteiger partial charge in [-0.2, -0.15) is 0 Å². The van der Waals surface area contributed by atoms with E-state index in [1.54, 1.807) is 13.2 Å². The number of amides is 2. The summed E-state index contributed by atoms with van der Waals surface area (Å²) in [7, 11) is 1.63. The smallest absolute Gasteiger partial charge is 0.246 e. The van der Waals surface area contributed by atoms with E-state index in [0.29, 0.717) is 57.3 Å². The van der Waals surface area contributed by atoms with Gasteiger partial charge in [-0.05, 0) is 37.3 Å². The highest BCUT2D eigenvalue weighted by Crippen LogP contribution is 2.36. The summed E-state index contributed by atoms with van der Waals surface area (Å²) < 4.78 is 10.9. The summed E-state index contributed by atoms with van der Waals surface area (Å²) in [5.41, 5.74) is -0.797. The van der Waals surface area contributed by atoms with E-state index in [1.807, 2.05) is 11.0 Å². The molecule has 1 aromatic rings. The molecule has 2 saturated heterocycles. The quantitative estimate of drug-likeness (QED) is 0.633. The number of furan rings is 1. The second-order valence-corrected chi connectivity index (χ2v) is 9.58. The first kappa shape index (κ1) is 23.3. The Kier molecular flexibility index (Phi) is 7.53. The van der Waals surface area contributed by atoms with E-state index < -0.39 is 11.6 Å². The maximum Gasteiger partial charge on any atom is 0.246 e. The second-order valence-electron chi connectivity index (χ2n) is 9.58. The van der Waals surface area contributed by atoms with Gasteiger partial charge in [0.2, 0.25) is 11.8 Å². The highest BCUT2D eigenvalue weighted by molar-refractivity contribution is 6.00. The van der Waals surface area contributed by atoms with Crippen LogP contribution in [-0.4, -0.2) is 71.7 Å². The highest BCUT2D eigenvalue weighted by atomic mass is 16.5. The summed E-state index contributed by atoms with van der Waals surface area (Å²) in [6.07, 6.45) is 7.98. The Hall–Kier alpha value is -1.90. The zero-order valence-corrected chi connectivity index (χ0v) is 19.2. The van der Waals surface area contributed by atoms with Gasteiger partial charge < -0.3 is 24.5 Å². The van der Waals surface area contributed by atoms with Crippen LogP contribution in [0, 0.1) is 5.92 Å². The van der Waals surface area contributed by atoms with E-state index in [-0.39, 0.29) is 18.4 Å². The number of carbonyl (C=O) groups excluding carboxylic acids is 2. The summed E-state index contributed by atoms with van der Waals surface area (Å²) in [4.78, 5) is 31.0. The Morgan fingerprint density at radius 2 is 1.88 bits per heavy atom. The zero-order chi connectivity index (χ0) is 22.6. The average molecular weight is 448 g/mol.